The topological polar surface area (TPSA) is 145 Å². The average molecular weight is 580 g/mol. The highest BCUT2D eigenvalue weighted by molar-refractivity contribution is 5.85. The Kier molecular flexibility index (Phi) is 15.1. The number of likely N-dealkylation sites (N-methyl/N-ethyl adjacent to an activating group) is 1. The van der Waals surface area contributed by atoms with Crippen LogP contribution < -0.4 is 16.5 Å². The molecule has 5 atom stereocenters. The first-order chi connectivity index (χ1) is 19.5. The van der Waals surface area contributed by atoms with E-state index in [1.54, 1.807) is 5.01 Å². The first-order valence-electron chi connectivity index (χ1n) is 16.1. The van der Waals surface area contributed by atoms with Crippen molar-refractivity contribution in [2.45, 2.75) is 117 Å². The Balaban J connectivity index is 2.20. The van der Waals surface area contributed by atoms with E-state index in [1.165, 1.54) is 6.42 Å². The van der Waals surface area contributed by atoms with Crippen molar-refractivity contribution >= 4 is 23.6 Å². The standard InChI is InChI=1S/C31H57N5O5/c1-6-14-35(15-7-2)31(41)25-18-23(28(32)38)17-24(19-25)30(40)33-26(16-22-12-10-9-11-13-22)27(37)20-36(8-3)34-29(39)21(4)5/h21-27,37H,6-20H2,1-5H3,(H2,32,38)(H,33,40)(H,34,39). The highest BCUT2D eigenvalue weighted by atomic mass is 16.3. The van der Waals surface area contributed by atoms with E-state index in [-0.39, 0.29) is 30.2 Å². The van der Waals surface area contributed by atoms with Crippen molar-refractivity contribution in [1.82, 2.24) is 20.7 Å². The van der Waals surface area contributed by atoms with Crippen molar-refractivity contribution in [2.75, 3.05) is 26.2 Å². The molecule has 2 aliphatic rings. The zero-order valence-corrected chi connectivity index (χ0v) is 26.2. The van der Waals surface area contributed by atoms with E-state index in [0.717, 1.165) is 38.5 Å². The van der Waals surface area contributed by atoms with Gasteiger partial charge < -0.3 is 21.1 Å². The number of amides is 4. The van der Waals surface area contributed by atoms with Crippen LogP contribution in [0.25, 0.3) is 0 Å². The fourth-order valence-electron chi connectivity index (χ4n) is 6.38. The van der Waals surface area contributed by atoms with Crippen LogP contribution in [0.4, 0.5) is 0 Å². The maximum absolute atomic E-state index is 13.8. The van der Waals surface area contributed by atoms with Crippen molar-refractivity contribution in [3.05, 3.63) is 0 Å². The van der Waals surface area contributed by atoms with Gasteiger partial charge in [-0.1, -0.05) is 66.7 Å². The second kappa shape index (κ2) is 17.7. The summed E-state index contributed by atoms with van der Waals surface area (Å²) in [6.07, 6.45) is 8.12. The molecule has 0 aromatic rings. The van der Waals surface area contributed by atoms with E-state index in [2.05, 4.69) is 10.7 Å². The third-order valence-electron chi connectivity index (χ3n) is 8.81. The summed E-state index contributed by atoms with van der Waals surface area (Å²) >= 11 is 0. The quantitative estimate of drug-likeness (QED) is 0.207. The fourth-order valence-corrected chi connectivity index (χ4v) is 6.38. The van der Waals surface area contributed by atoms with Gasteiger partial charge in [0.15, 0.2) is 0 Å². The van der Waals surface area contributed by atoms with E-state index >= 15 is 0 Å². The number of primary amides is 1. The number of hydrogen-bond donors (Lipinski definition) is 4. The summed E-state index contributed by atoms with van der Waals surface area (Å²) in [4.78, 5) is 53.6. The van der Waals surface area contributed by atoms with Gasteiger partial charge in [-0.3, -0.25) is 24.6 Å². The lowest BCUT2D eigenvalue weighted by molar-refractivity contribution is -0.141. The fraction of sp³-hybridized carbons (Fsp3) is 0.871. The van der Waals surface area contributed by atoms with Crippen LogP contribution in [0.3, 0.4) is 0 Å². The molecule has 10 heteroatoms. The van der Waals surface area contributed by atoms with Crippen LogP contribution in [0.2, 0.25) is 0 Å². The van der Waals surface area contributed by atoms with Gasteiger partial charge in [-0.2, -0.15) is 0 Å². The number of nitrogens with zero attached hydrogens (tertiary/aromatic N) is 2. The van der Waals surface area contributed by atoms with Gasteiger partial charge in [0.05, 0.1) is 12.1 Å². The molecule has 0 aliphatic heterocycles. The maximum atomic E-state index is 13.8. The van der Waals surface area contributed by atoms with Crippen molar-refractivity contribution in [3.63, 3.8) is 0 Å². The molecule has 0 bridgehead atoms. The summed E-state index contributed by atoms with van der Waals surface area (Å²) in [5, 5.41) is 16.2. The van der Waals surface area contributed by atoms with Crippen molar-refractivity contribution in [2.24, 2.45) is 35.3 Å². The predicted octanol–water partition coefficient (Wildman–Crippen LogP) is 2.98. The Morgan fingerprint density at radius 2 is 1.49 bits per heavy atom. The number of aliphatic hydroxyl groups excluding tert-OH is 1. The lowest BCUT2D eigenvalue weighted by Crippen LogP contribution is -2.55. The van der Waals surface area contributed by atoms with Crippen LogP contribution in [0, 0.1) is 29.6 Å². The third-order valence-corrected chi connectivity index (χ3v) is 8.81. The smallest absolute Gasteiger partial charge is 0.236 e. The number of nitrogens with two attached hydrogens (primary N) is 1. The molecule has 236 valence electrons. The van der Waals surface area contributed by atoms with Gasteiger partial charge in [0.2, 0.25) is 23.6 Å². The summed E-state index contributed by atoms with van der Waals surface area (Å²) in [6, 6.07) is -0.504. The zero-order valence-electron chi connectivity index (χ0n) is 26.2. The molecule has 0 spiro atoms. The minimum absolute atomic E-state index is 0.00396. The molecule has 10 nitrogen and oxygen atoms in total. The molecule has 2 aliphatic carbocycles. The highest BCUT2D eigenvalue weighted by Gasteiger charge is 2.40. The number of hydrazine groups is 1. The number of rotatable bonds is 16. The van der Waals surface area contributed by atoms with Gasteiger partial charge in [0.1, 0.15) is 0 Å². The van der Waals surface area contributed by atoms with Crippen LogP contribution in [-0.2, 0) is 19.2 Å². The normalized spacial score (nSPS) is 23.2. The lowest BCUT2D eigenvalue weighted by Gasteiger charge is -2.37. The van der Waals surface area contributed by atoms with Gasteiger partial charge in [-0.25, -0.2) is 5.01 Å². The van der Waals surface area contributed by atoms with E-state index in [0.29, 0.717) is 51.2 Å². The summed E-state index contributed by atoms with van der Waals surface area (Å²) in [6.45, 7) is 11.6. The Hall–Kier alpha value is -2.20. The summed E-state index contributed by atoms with van der Waals surface area (Å²) in [7, 11) is 0. The highest BCUT2D eigenvalue weighted by Crippen LogP contribution is 2.35. The lowest BCUT2D eigenvalue weighted by atomic mass is 9.73. The summed E-state index contributed by atoms with van der Waals surface area (Å²) < 4.78 is 0. The molecule has 2 fully saturated rings. The second-order valence-electron chi connectivity index (χ2n) is 12.6. The molecule has 2 saturated carbocycles. The van der Waals surface area contributed by atoms with E-state index in [1.807, 2.05) is 39.5 Å². The van der Waals surface area contributed by atoms with E-state index in [4.69, 9.17) is 5.73 Å². The minimum Gasteiger partial charge on any atom is -0.390 e. The third kappa shape index (κ3) is 11.2. The van der Waals surface area contributed by atoms with Crippen LogP contribution in [0.15, 0.2) is 0 Å². The molecule has 2 rings (SSSR count). The first kappa shape index (κ1) is 35.0. The molecule has 41 heavy (non-hydrogen) atoms. The van der Waals surface area contributed by atoms with Crippen LogP contribution in [-0.4, -0.2) is 77.0 Å². The van der Waals surface area contributed by atoms with Gasteiger partial charge >= 0.3 is 0 Å². The second-order valence-corrected chi connectivity index (χ2v) is 12.6. The van der Waals surface area contributed by atoms with Crippen LogP contribution in [0.5, 0.6) is 0 Å². The van der Waals surface area contributed by atoms with Crippen LogP contribution in [0.1, 0.15) is 105 Å². The number of aliphatic hydroxyl groups is 1. The SMILES string of the molecule is CCCN(CCC)C(=O)C1CC(C(N)=O)CC(C(=O)NC(CC2CCCCC2)C(O)CN(CC)NC(=O)C(C)C)C1. The largest absolute Gasteiger partial charge is 0.390 e. The molecule has 0 saturated heterocycles. The van der Waals surface area contributed by atoms with Gasteiger partial charge in [-0.15, -0.1) is 0 Å². The Bertz CT molecular complexity index is 841. The molecular weight excluding hydrogens is 522 g/mol. The zero-order chi connectivity index (χ0) is 30.5. The molecule has 5 unspecified atom stereocenters. The molecule has 0 heterocycles. The van der Waals surface area contributed by atoms with Crippen molar-refractivity contribution in [1.29, 1.82) is 0 Å². The van der Waals surface area contributed by atoms with Gasteiger partial charge in [0.25, 0.3) is 0 Å². The molecule has 0 radical (unpaired) electrons. The number of carbonyl (C=O) groups excluding carboxylic acids is 4. The van der Waals surface area contributed by atoms with Crippen molar-refractivity contribution in [3.8, 4) is 0 Å². The molecular formula is C31H57N5O5. The Morgan fingerprint density at radius 1 is 0.902 bits per heavy atom. The van der Waals surface area contributed by atoms with Crippen LogP contribution >= 0.6 is 0 Å². The Labute approximate surface area is 247 Å². The number of nitrogens with one attached hydrogen (secondary N) is 2. The Morgan fingerprint density at radius 3 is 2.02 bits per heavy atom. The summed E-state index contributed by atoms with van der Waals surface area (Å²) in [5.41, 5.74) is 8.58. The first-order valence-corrected chi connectivity index (χ1v) is 16.1. The molecule has 5 N–H and O–H groups in total. The van der Waals surface area contributed by atoms with Crippen molar-refractivity contribution < 1.29 is 24.3 Å². The predicted molar refractivity (Wildman–Crippen MR) is 160 cm³/mol. The molecule has 0 aromatic heterocycles. The minimum atomic E-state index is -0.897. The maximum Gasteiger partial charge on any atom is 0.236 e. The number of hydrogen-bond acceptors (Lipinski definition) is 6. The molecule has 0 aromatic carbocycles. The van der Waals surface area contributed by atoms with Gasteiger partial charge in [0, 0.05) is 49.9 Å². The monoisotopic (exact) mass is 579 g/mol. The average Bonchev–Trinajstić information content (AvgIpc) is 2.95. The molecule has 4 amide bonds. The van der Waals surface area contributed by atoms with Gasteiger partial charge in [-0.05, 0) is 44.4 Å². The van der Waals surface area contributed by atoms with E-state index in [9.17, 15) is 24.3 Å². The summed E-state index contributed by atoms with van der Waals surface area (Å²) in [5.74, 6) is -2.14. The number of carbonyl (C=O) groups is 4. The van der Waals surface area contributed by atoms with E-state index < -0.39 is 35.8 Å².